The Morgan fingerprint density at radius 2 is 1.70 bits per heavy atom. The van der Waals surface area contributed by atoms with Crippen molar-refractivity contribution in [3.63, 3.8) is 0 Å². The summed E-state index contributed by atoms with van der Waals surface area (Å²) in [5, 5.41) is 2.88. The van der Waals surface area contributed by atoms with Crippen molar-refractivity contribution < 1.29 is 14.3 Å². The van der Waals surface area contributed by atoms with Crippen LogP contribution in [0.3, 0.4) is 0 Å². The predicted molar refractivity (Wildman–Crippen MR) is 108 cm³/mol. The number of hydrogen-bond acceptors (Lipinski definition) is 4. The smallest absolute Gasteiger partial charge is 0.255 e. The molecule has 27 heavy (non-hydrogen) atoms. The quantitative estimate of drug-likeness (QED) is 0.573. The Morgan fingerprint density at radius 3 is 2.44 bits per heavy atom. The molecule has 0 aliphatic carbocycles. The molecule has 0 atom stereocenters. The van der Waals surface area contributed by atoms with Crippen molar-refractivity contribution in [3.05, 3.63) is 78.4 Å². The van der Waals surface area contributed by atoms with Crippen LogP contribution in [0.15, 0.2) is 72.8 Å². The third-order valence-electron chi connectivity index (χ3n) is 3.84. The van der Waals surface area contributed by atoms with Gasteiger partial charge in [0.1, 0.15) is 11.5 Å². The van der Waals surface area contributed by atoms with Crippen LogP contribution in [0.5, 0.6) is 17.2 Å². The van der Waals surface area contributed by atoms with Crippen LogP contribution in [0, 0.1) is 0 Å². The zero-order valence-corrected chi connectivity index (χ0v) is 15.1. The summed E-state index contributed by atoms with van der Waals surface area (Å²) in [4.78, 5) is 12.6. The van der Waals surface area contributed by atoms with Crippen LogP contribution in [0.4, 0.5) is 11.4 Å². The van der Waals surface area contributed by atoms with E-state index >= 15 is 0 Å². The Morgan fingerprint density at radius 1 is 0.963 bits per heavy atom. The molecule has 0 aromatic heterocycles. The maximum atomic E-state index is 12.6. The van der Waals surface area contributed by atoms with Crippen LogP contribution < -0.4 is 20.5 Å². The molecule has 1 amide bonds. The van der Waals surface area contributed by atoms with E-state index in [1.807, 2.05) is 49.4 Å². The summed E-state index contributed by atoms with van der Waals surface area (Å²) >= 11 is 0. The average Bonchev–Trinajstić information content (AvgIpc) is 2.69. The number of carbonyl (C=O) groups excluding carboxylic acids is 1. The van der Waals surface area contributed by atoms with Crippen molar-refractivity contribution >= 4 is 17.3 Å². The van der Waals surface area contributed by atoms with E-state index in [0.29, 0.717) is 40.8 Å². The summed E-state index contributed by atoms with van der Waals surface area (Å²) in [6, 6.07) is 21.7. The van der Waals surface area contributed by atoms with Crippen LogP contribution in [0.1, 0.15) is 23.7 Å². The van der Waals surface area contributed by atoms with Crippen LogP contribution in [-0.4, -0.2) is 12.5 Å². The maximum absolute atomic E-state index is 12.6. The number of anilines is 2. The van der Waals surface area contributed by atoms with Gasteiger partial charge >= 0.3 is 0 Å². The molecule has 3 aromatic carbocycles. The van der Waals surface area contributed by atoms with Crippen LogP contribution >= 0.6 is 0 Å². The summed E-state index contributed by atoms with van der Waals surface area (Å²) in [6.07, 6.45) is 0.889. The molecule has 0 saturated carbocycles. The van der Waals surface area contributed by atoms with Crippen LogP contribution in [-0.2, 0) is 0 Å². The molecule has 5 heteroatoms. The highest BCUT2D eigenvalue weighted by molar-refractivity contribution is 6.05. The fourth-order valence-corrected chi connectivity index (χ4v) is 2.50. The van der Waals surface area contributed by atoms with Gasteiger partial charge in [-0.05, 0) is 48.9 Å². The molecule has 0 heterocycles. The van der Waals surface area contributed by atoms with E-state index in [1.54, 1.807) is 30.3 Å². The first kappa shape index (κ1) is 18.3. The Hall–Kier alpha value is -3.47. The standard InChI is InChI=1S/C22H22N2O3/c1-2-14-26-20-13-12-16(15-18(20)23)22(25)24-19-10-6-7-11-21(19)27-17-8-4-3-5-9-17/h3-13,15H,2,14,23H2,1H3,(H,24,25). The number of nitrogen functional groups attached to an aromatic ring is 1. The highest BCUT2D eigenvalue weighted by Crippen LogP contribution is 2.30. The highest BCUT2D eigenvalue weighted by atomic mass is 16.5. The second-order valence-electron chi connectivity index (χ2n) is 5.97. The first-order chi connectivity index (χ1) is 13.2. The number of amides is 1. The molecule has 3 rings (SSSR count). The van der Waals surface area contributed by atoms with Gasteiger partial charge in [0.05, 0.1) is 18.0 Å². The second-order valence-corrected chi connectivity index (χ2v) is 5.97. The van der Waals surface area contributed by atoms with Gasteiger partial charge in [-0.1, -0.05) is 37.3 Å². The topological polar surface area (TPSA) is 73.6 Å². The summed E-state index contributed by atoms with van der Waals surface area (Å²) < 4.78 is 11.4. The monoisotopic (exact) mass is 362 g/mol. The minimum atomic E-state index is -0.271. The lowest BCUT2D eigenvalue weighted by atomic mass is 10.1. The van der Waals surface area contributed by atoms with E-state index in [0.717, 1.165) is 6.42 Å². The fourth-order valence-electron chi connectivity index (χ4n) is 2.50. The lowest BCUT2D eigenvalue weighted by Crippen LogP contribution is -2.13. The van der Waals surface area contributed by atoms with Crippen molar-refractivity contribution in [2.45, 2.75) is 13.3 Å². The molecule has 0 aliphatic heterocycles. The van der Waals surface area contributed by atoms with Gasteiger partial charge in [-0.2, -0.15) is 0 Å². The first-order valence-corrected chi connectivity index (χ1v) is 8.83. The SMILES string of the molecule is CCCOc1ccc(C(=O)Nc2ccccc2Oc2ccccc2)cc1N. The van der Waals surface area contributed by atoms with E-state index in [1.165, 1.54) is 0 Å². The van der Waals surface area contributed by atoms with E-state index in [2.05, 4.69) is 5.32 Å². The van der Waals surface area contributed by atoms with Crippen molar-refractivity contribution in [1.29, 1.82) is 0 Å². The molecule has 0 bridgehead atoms. The molecule has 0 aliphatic rings. The summed E-state index contributed by atoms with van der Waals surface area (Å²) in [7, 11) is 0. The summed E-state index contributed by atoms with van der Waals surface area (Å²) in [6.45, 7) is 2.60. The lowest BCUT2D eigenvalue weighted by Gasteiger charge is -2.13. The molecule has 3 N–H and O–H groups in total. The van der Waals surface area contributed by atoms with Crippen molar-refractivity contribution in [2.24, 2.45) is 0 Å². The summed E-state index contributed by atoms with van der Waals surface area (Å²) in [5.41, 5.74) is 7.46. The van der Waals surface area contributed by atoms with E-state index in [9.17, 15) is 4.79 Å². The number of ether oxygens (including phenoxy) is 2. The number of nitrogens with two attached hydrogens (primary N) is 1. The zero-order chi connectivity index (χ0) is 19.1. The number of hydrogen-bond donors (Lipinski definition) is 2. The van der Waals surface area contributed by atoms with Gasteiger partial charge in [0.15, 0.2) is 5.75 Å². The predicted octanol–water partition coefficient (Wildman–Crippen LogP) is 5.10. The summed E-state index contributed by atoms with van der Waals surface area (Å²) in [5.74, 6) is 1.57. The Bertz CT molecular complexity index is 910. The molecule has 5 nitrogen and oxygen atoms in total. The van der Waals surface area contributed by atoms with Crippen molar-refractivity contribution in [1.82, 2.24) is 0 Å². The fraction of sp³-hybridized carbons (Fsp3) is 0.136. The van der Waals surface area contributed by atoms with E-state index in [-0.39, 0.29) is 5.91 Å². The molecule has 0 fully saturated rings. The van der Waals surface area contributed by atoms with Crippen LogP contribution in [0.25, 0.3) is 0 Å². The first-order valence-electron chi connectivity index (χ1n) is 8.83. The second kappa shape index (κ2) is 8.76. The van der Waals surface area contributed by atoms with Gasteiger partial charge in [0.2, 0.25) is 0 Å². The average molecular weight is 362 g/mol. The normalized spacial score (nSPS) is 10.3. The van der Waals surface area contributed by atoms with Gasteiger partial charge in [-0.25, -0.2) is 0 Å². The molecule has 3 aromatic rings. The van der Waals surface area contributed by atoms with Gasteiger partial charge in [-0.3, -0.25) is 4.79 Å². The van der Waals surface area contributed by atoms with Gasteiger partial charge in [0, 0.05) is 5.56 Å². The van der Waals surface area contributed by atoms with Gasteiger partial charge in [0.25, 0.3) is 5.91 Å². The van der Waals surface area contributed by atoms with Crippen molar-refractivity contribution in [2.75, 3.05) is 17.7 Å². The van der Waals surface area contributed by atoms with E-state index in [4.69, 9.17) is 15.2 Å². The zero-order valence-electron chi connectivity index (χ0n) is 15.1. The third kappa shape index (κ3) is 4.79. The molecule has 138 valence electrons. The third-order valence-corrected chi connectivity index (χ3v) is 3.84. The molecule has 0 saturated heterocycles. The largest absolute Gasteiger partial charge is 0.491 e. The number of para-hydroxylation sites is 3. The number of benzene rings is 3. The number of carbonyl (C=O) groups is 1. The van der Waals surface area contributed by atoms with Gasteiger partial charge in [-0.15, -0.1) is 0 Å². The Labute approximate surface area is 158 Å². The molecular formula is C22H22N2O3. The lowest BCUT2D eigenvalue weighted by molar-refractivity contribution is 0.102. The molecule has 0 spiro atoms. The number of nitrogens with one attached hydrogen (secondary N) is 1. The molecule has 0 unspecified atom stereocenters. The number of rotatable bonds is 7. The molecular weight excluding hydrogens is 340 g/mol. The minimum Gasteiger partial charge on any atom is -0.491 e. The highest BCUT2D eigenvalue weighted by Gasteiger charge is 2.12. The van der Waals surface area contributed by atoms with Gasteiger partial charge < -0.3 is 20.5 Å². The van der Waals surface area contributed by atoms with Crippen LogP contribution in [0.2, 0.25) is 0 Å². The molecule has 0 radical (unpaired) electrons. The Kier molecular flexibility index (Phi) is 5.94. The minimum absolute atomic E-state index is 0.271. The van der Waals surface area contributed by atoms with Crippen molar-refractivity contribution in [3.8, 4) is 17.2 Å². The maximum Gasteiger partial charge on any atom is 0.255 e. The Balaban J connectivity index is 1.75. The van der Waals surface area contributed by atoms with E-state index < -0.39 is 0 Å².